The second kappa shape index (κ2) is 6.41. The number of aromatic nitrogens is 1. The van der Waals surface area contributed by atoms with Gasteiger partial charge in [-0.2, -0.15) is 0 Å². The Morgan fingerprint density at radius 3 is 2.54 bits per heavy atom. The number of nitrogens with zero attached hydrogens (tertiary/aromatic N) is 1. The highest BCUT2D eigenvalue weighted by Gasteiger charge is 2.61. The van der Waals surface area contributed by atoms with Gasteiger partial charge in [-0.3, -0.25) is 9.59 Å². The second-order valence-electron chi connectivity index (χ2n) is 8.87. The van der Waals surface area contributed by atoms with E-state index in [1.807, 2.05) is 35.7 Å². The summed E-state index contributed by atoms with van der Waals surface area (Å²) in [6.45, 7) is 0. The zero-order valence-corrected chi connectivity index (χ0v) is 16.8. The van der Waals surface area contributed by atoms with Crippen LogP contribution in [0, 0.1) is 17.3 Å². The van der Waals surface area contributed by atoms with Crippen molar-refractivity contribution in [1.82, 2.24) is 10.3 Å². The van der Waals surface area contributed by atoms with Crippen LogP contribution in [0.4, 0.5) is 0 Å². The number of hydrogen-bond acceptors (Lipinski definition) is 5. The van der Waals surface area contributed by atoms with Crippen LogP contribution >= 0.6 is 11.3 Å². The number of esters is 1. The molecule has 4 saturated carbocycles. The Bertz CT molecular complexity index is 909. The quantitative estimate of drug-likeness (QED) is 0.792. The smallest absolute Gasteiger partial charge is 0.311 e. The summed E-state index contributed by atoms with van der Waals surface area (Å²) in [7, 11) is 1.48. The Morgan fingerprint density at radius 2 is 1.86 bits per heavy atom. The Kier molecular flexibility index (Phi) is 4.09. The molecular weight excluding hydrogens is 372 g/mol. The minimum absolute atomic E-state index is 0.0970. The van der Waals surface area contributed by atoms with Gasteiger partial charge in [0.15, 0.2) is 0 Å². The summed E-state index contributed by atoms with van der Waals surface area (Å²) in [6.07, 6.45) is 5.60. The lowest BCUT2D eigenvalue weighted by atomic mass is 9.47. The van der Waals surface area contributed by atoms with E-state index in [1.165, 1.54) is 24.9 Å². The molecule has 146 valence electrons. The fraction of sp³-hybridized carbons (Fsp3) is 0.500. The molecule has 1 aromatic heterocycles. The molecular formula is C22H24N2O3S. The average molecular weight is 397 g/mol. The van der Waals surface area contributed by atoms with Crippen LogP contribution in [0.25, 0.3) is 10.6 Å². The van der Waals surface area contributed by atoms with Gasteiger partial charge in [0, 0.05) is 16.5 Å². The lowest BCUT2D eigenvalue weighted by Gasteiger charge is -2.60. The van der Waals surface area contributed by atoms with E-state index in [-0.39, 0.29) is 17.4 Å². The fourth-order valence-electron chi connectivity index (χ4n) is 6.26. The predicted molar refractivity (Wildman–Crippen MR) is 107 cm³/mol. The number of hydrogen-bond donors (Lipinski definition) is 1. The number of carbonyl (C=O) groups excluding carboxylic acids is 2. The van der Waals surface area contributed by atoms with E-state index in [1.54, 1.807) is 0 Å². The molecule has 28 heavy (non-hydrogen) atoms. The van der Waals surface area contributed by atoms with Gasteiger partial charge < -0.3 is 10.1 Å². The van der Waals surface area contributed by atoms with Crippen LogP contribution in [-0.2, 0) is 9.53 Å². The van der Waals surface area contributed by atoms with Crippen molar-refractivity contribution in [3.05, 3.63) is 41.4 Å². The monoisotopic (exact) mass is 396 g/mol. The van der Waals surface area contributed by atoms with Crippen molar-refractivity contribution >= 4 is 23.2 Å². The lowest BCUT2D eigenvalue weighted by molar-refractivity contribution is -0.171. The van der Waals surface area contributed by atoms with E-state index in [9.17, 15) is 9.59 Å². The number of methoxy groups -OCH3 is 1. The van der Waals surface area contributed by atoms with Gasteiger partial charge >= 0.3 is 5.97 Å². The Labute approximate surface area is 168 Å². The zero-order valence-electron chi connectivity index (χ0n) is 15.9. The summed E-state index contributed by atoms with van der Waals surface area (Å²) in [5.74, 6) is 0.771. The molecule has 1 aromatic carbocycles. The van der Waals surface area contributed by atoms with Gasteiger partial charge in [0.25, 0.3) is 5.91 Å². The molecule has 2 unspecified atom stereocenters. The molecule has 0 spiro atoms. The molecule has 4 fully saturated rings. The first-order chi connectivity index (χ1) is 13.5. The topological polar surface area (TPSA) is 68.3 Å². The van der Waals surface area contributed by atoms with Crippen LogP contribution in [0.2, 0.25) is 0 Å². The standard InChI is InChI=1S/C22H24N2O3S/c1-27-20(26)21-8-14-7-15(9-21)11-22(10-14,13-21)24-18(25)17-12-28-19(23-17)16-5-3-2-4-6-16/h2-6,12,14-15H,7-11,13H2,1H3,(H,24,25). The maximum Gasteiger partial charge on any atom is 0.311 e. The number of rotatable bonds is 4. The Morgan fingerprint density at radius 1 is 1.14 bits per heavy atom. The van der Waals surface area contributed by atoms with E-state index in [2.05, 4.69) is 10.3 Å². The molecule has 5 nitrogen and oxygen atoms in total. The predicted octanol–water partition coefficient (Wildman–Crippen LogP) is 4.05. The summed E-state index contributed by atoms with van der Waals surface area (Å²) in [5.41, 5.74) is 0.771. The van der Waals surface area contributed by atoms with Crippen molar-refractivity contribution in [2.75, 3.05) is 7.11 Å². The molecule has 2 atom stereocenters. The van der Waals surface area contributed by atoms with Crippen molar-refractivity contribution in [3.63, 3.8) is 0 Å². The fourth-order valence-corrected chi connectivity index (χ4v) is 7.07. The number of thiazole rings is 1. The van der Waals surface area contributed by atoms with Gasteiger partial charge in [-0.25, -0.2) is 4.98 Å². The van der Waals surface area contributed by atoms with Crippen LogP contribution in [0.1, 0.15) is 49.0 Å². The average Bonchev–Trinajstić information content (AvgIpc) is 3.17. The van der Waals surface area contributed by atoms with Crippen molar-refractivity contribution in [2.24, 2.45) is 17.3 Å². The van der Waals surface area contributed by atoms with Crippen LogP contribution < -0.4 is 5.32 Å². The molecule has 6 rings (SSSR count). The highest BCUT2D eigenvalue weighted by Crippen LogP contribution is 2.62. The van der Waals surface area contributed by atoms with Crippen molar-refractivity contribution < 1.29 is 14.3 Å². The van der Waals surface area contributed by atoms with Gasteiger partial charge in [0.05, 0.1) is 12.5 Å². The van der Waals surface area contributed by atoms with Crippen molar-refractivity contribution in [3.8, 4) is 10.6 Å². The molecule has 6 heteroatoms. The zero-order chi connectivity index (χ0) is 19.4. The van der Waals surface area contributed by atoms with E-state index >= 15 is 0 Å². The Balaban J connectivity index is 1.38. The summed E-state index contributed by atoms with van der Waals surface area (Å²) >= 11 is 1.49. The third-order valence-electron chi connectivity index (χ3n) is 6.82. The van der Waals surface area contributed by atoms with Gasteiger partial charge in [0.1, 0.15) is 10.7 Å². The number of amides is 1. The molecule has 0 saturated heterocycles. The minimum atomic E-state index is -0.413. The van der Waals surface area contributed by atoms with E-state index < -0.39 is 5.41 Å². The maximum absolute atomic E-state index is 13.0. The molecule has 4 bridgehead atoms. The molecule has 2 aromatic rings. The van der Waals surface area contributed by atoms with Crippen LogP contribution in [0.15, 0.2) is 35.7 Å². The van der Waals surface area contributed by atoms with Crippen molar-refractivity contribution in [2.45, 2.75) is 44.1 Å². The SMILES string of the molecule is COC(=O)C12CC3CC(CC(NC(=O)c4csc(-c5ccccc5)n4)(C3)C1)C2. The van der Waals surface area contributed by atoms with Crippen molar-refractivity contribution in [1.29, 1.82) is 0 Å². The highest BCUT2D eigenvalue weighted by atomic mass is 32.1. The molecule has 0 radical (unpaired) electrons. The van der Waals surface area contributed by atoms with E-state index in [0.717, 1.165) is 36.3 Å². The first kappa shape index (κ1) is 17.9. The Hall–Kier alpha value is -2.21. The number of nitrogens with one attached hydrogen (secondary N) is 1. The third-order valence-corrected chi connectivity index (χ3v) is 7.71. The summed E-state index contributed by atoms with van der Waals surface area (Å²) in [5, 5.41) is 5.98. The normalized spacial score (nSPS) is 32.9. The second-order valence-corrected chi connectivity index (χ2v) is 9.73. The van der Waals surface area contributed by atoms with E-state index in [0.29, 0.717) is 24.0 Å². The number of carbonyl (C=O) groups is 2. The maximum atomic E-state index is 13.0. The molecule has 1 amide bonds. The van der Waals surface area contributed by atoms with Gasteiger partial charge in [-0.15, -0.1) is 11.3 Å². The van der Waals surface area contributed by atoms with Gasteiger partial charge in [-0.05, 0) is 50.4 Å². The molecule has 4 aliphatic carbocycles. The van der Waals surface area contributed by atoms with Crippen LogP contribution in [-0.4, -0.2) is 29.5 Å². The summed E-state index contributed by atoms with van der Waals surface area (Å²) in [6, 6.07) is 9.91. The molecule has 1 heterocycles. The summed E-state index contributed by atoms with van der Waals surface area (Å²) in [4.78, 5) is 30.2. The van der Waals surface area contributed by atoms with Crippen LogP contribution in [0.3, 0.4) is 0 Å². The highest BCUT2D eigenvalue weighted by molar-refractivity contribution is 7.13. The molecule has 1 N–H and O–H groups in total. The minimum Gasteiger partial charge on any atom is -0.469 e. The lowest BCUT2D eigenvalue weighted by Crippen LogP contribution is -2.64. The van der Waals surface area contributed by atoms with Gasteiger partial charge in [-0.1, -0.05) is 30.3 Å². The first-order valence-corrected chi connectivity index (χ1v) is 10.8. The van der Waals surface area contributed by atoms with E-state index in [4.69, 9.17) is 4.74 Å². The third kappa shape index (κ3) is 2.85. The molecule has 0 aliphatic heterocycles. The largest absolute Gasteiger partial charge is 0.469 e. The molecule has 4 aliphatic rings. The summed E-state index contributed by atoms with van der Waals surface area (Å²) < 4.78 is 5.16. The number of benzene rings is 1. The van der Waals surface area contributed by atoms with Crippen LogP contribution in [0.5, 0.6) is 0 Å². The van der Waals surface area contributed by atoms with Gasteiger partial charge in [0.2, 0.25) is 0 Å². The number of ether oxygens (including phenoxy) is 1. The first-order valence-electron chi connectivity index (χ1n) is 9.93.